The zero-order chi connectivity index (χ0) is 15.2. The Morgan fingerprint density at radius 3 is 2.77 bits per heavy atom. The van der Waals surface area contributed by atoms with Crippen LogP contribution in [-0.4, -0.2) is 30.1 Å². The summed E-state index contributed by atoms with van der Waals surface area (Å²) in [6, 6.07) is 6.76. The van der Waals surface area contributed by atoms with Crippen molar-refractivity contribution in [1.29, 1.82) is 0 Å². The number of halogens is 1. The SMILES string of the molecule is CCNC(=NCCc1c[nH]c2cccc(C)c12)NC(C)C.I. The van der Waals surface area contributed by atoms with Crippen LogP contribution in [-0.2, 0) is 6.42 Å². The molecule has 1 heterocycles. The van der Waals surface area contributed by atoms with Gasteiger partial charge in [0.1, 0.15) is 0 Å². The summed E-state index contributed by atoms with van der Waals surface area (Å²) >= 11 is 0. The molecule has 0 unspecified atom stereocenters. The van der Waals surface area contributed by atoms with Gasteiger partial charge in [-0.15, -0.1) is 24.0 Å². The molecule has 2 rings (SSSR count). The van der Waals surface area contributed by atoms with E-state index in [2.05, 4.69) is 72.7 Å². The van der Waals surface area contributed by atoms with Gasteiger partial charge >= 0.3 is 0 Å². The lowest BCUT2D eigenvalue weighted by atomic mass is 10.1. The number of aromatic nitrogens is 1. The van der Waals surface area contributed by atoms with Crippen molar-refractivity contribution in [3.63, 3.8) is 0 Å². The third-order valence-corrected chi connectivity index (χ3v) is 3.42. The van der Waals surface area contributed by atoms with Gasteiger partial charge in [0.2, 0.25) is 0 Å². The summed E-state index contributed by atoms with van der Waals surface area (Å²) in [5.74, 6) is 0.893. The minimum absolute atomic E-state index is 0. The molecule has 0 aliphatic heterocycles. The fraction of sp³-hybridized carbons (Fsp3) is 0.471. The highest BCUT2D eigenvalue weighted by Gasteiger charge is 2.06. The van der Waals surface area contributed by atoms with Crippen LogP contribution in [0.2, 0.25) is 0 Å². The van der Waals surface area contributed by atoms with Gasteiger partial charge in [-0.25, -0.2) is 0 Å². The van der Waals surface area contributed by atoms with E-state index in [0.717, 1.165) is 25.5 Å². The monoisotopic (exact) mass is 414 g/mol. The number of hydrogen-bond donors (Lipinski definition) is 3. The molecule has 2 aromatic rings. The Labute approximate surface area is 150 Å². The van der Waals surface area contributed by atoms with E-state index in [1.165, 1.54) is 22.0 Å². The predicted molar refractivity (Wildman–Crippen MR) is 106 cm³/mol. The second kappa shape index (κ2) is 9.02. The minimum atomic E-state index is 0. The highest BCUT2D eigenvalue weighted by atomic mass is 127. The first-order valence-corrected chi connectivity index (χ1v) is 7.72. The fourth-order valence-electron chi connectivity index (χ4n) is 2.53. The van der Waals surface area contributed by atoms with E-state index < -0.39 is 0 Å². The highest BCUT2D eigenvalue weighted by Crippen LogP contribution is 2.22. The summed E-state index contributed by atoms with van der Waals surface area (Å²) in [4.78, 5) is 7.99. The van der Waals surface area contributed by atoms with Crippen molar-refractivity contribution in [2.75, 3.05) is 13.1 Å². The van der Waals surface area contributed by atoms with Gasteiger partial charge in [0.05, 0.1) is 0 Å². The molecule has 0 radical (unpaired) electrons. The molecule has 5 heteroatoms. The van der Waals surface area contributed by atoms with Gasteiger partial charge in [0.25, 0.3) is 0 Å². The maximum absolute atomic E-state index is 4.65. The van der Waals surface area contributed by atoms with Crippen molar-refractivity contribution in [1.82, 2.24) is 15.6 Å². The molecule has 1 aromatic carbocycles. The average molecular weight is 414 g/mol. The maximum atomic E-state index is 4.65. The smallest absolute Gasteiger partial charge is 0.191 e. The summed E-state index contributed by atoms with van der Waals surface area (Å²) in [5, 5.41) is 7.96. The number of guanidine groups is 1. The third-order valence-electron chi connectivity index (χ3n) is 3.42. The van der Waals surface area contributed by atoms with Gasteiger partial charge < -0.3 is 15.6 Å². The van der Waals surface area contributed by atoms with Gasteiger partial charge in [0, 0.05) is 36.2 Å². The summed E-state index contributed by atoms with van der Waals surface area (Å²) in [6.45, 7) is 10.1. The van der Waals surface area contributed by atoms with E-state index in [1.54, 1.807) is 0 Å². The van der Waals surface area contributed by atoms with E-state index in [1.807, 2.05) is 0 Å². The quantitative estimate of drug-likeness (QED) is 0.398. The molecule has 0 aliphatic rings. The van der Waals surface area contributed by atoms with Crippen molar-refractivity contribution in [2.24, 2.45) is 4.99 Å². The minimum Gasteiger partial charge on any atom is -0.361 e. The molecule has 0 aliphatic carbocycles. The van der Waals surface area contributed by atoms with Crippen LogP contribution in [0.25, 0.3) is 10.9 Å². The number of aryl methyl sites for hydroxylation is 1. The Balaban J connectivity index is 0.00000242. The maximum Gasteiger partial charge on any atom is 0.191 e. The van der Waals surface area contributed by atoms with Crippen molar-refractivity contribution in [3.8, 4) is 0 Å². The van der Waals surface area contributed by atoms with Crippen molar-refractivity contribution in [2.45, 2.75) is 40.2 Å². The first-order valence-electron chi connectivity index (χ1n) is 7.72. The Morgan fingerprint density at radius 2 is 2.09 bits per heavy atom. The van der Waals surface area contributed by atoms with Gasteiger partial charge in [-0.3, -0.25) is 4.99 Å². The summed E-state index contributed by atoms with van der Waals surface area (Å²) in [6.07, 6.45) is 3.05. The molecule has 0 fully saturated rings. The molecule has 22 heavy (non-hydrogen) atoms. The summed E-state index contributed by atoms with van der Waals surface area (Å²) in [7, 11) is 0. The van der Waals surface area contributed by atoms with Gasteiger partial charge in [-0.2, -0.15) is 0 Å². The van der Waals surface area contributed by atoms with Crippen LogP contribution in [0.5, 0.6) is 0 Å². The number of fused-ring (bicyclic) bond motifs is 1. The number of rotatable bonds is 5. The highest BCUT2D eigenvalue weighted by molar-refractivity contribution is 14.0. The van der Waals surface area contributed by atoms with Crippen LogP contribution >= 0.6 is 24.0 Å². The van der Waals surface area contributed by atoms with Crippen molar-refractivity contribution >= 4 is 40.8 Å². The molecule has 3 N–H and O–H groups in total. The number of nitrogens with zero attached hydrogens (tertiary/aromatic N) is 1. The first-order chi connectivity index (χ1) is 10.1. The Morgan fingerprint density at radius 1 is 1.32 bits per heavy atom. The number of aromatic amines is 1. The van der Waals surface area contributed by atoms with Crippen LogP contribution in [0.15, 0.2) is 29.4 Å². The van der Waals surface area contributed by atoms with E-state index >= 15 is 0 Å². The van der Waals surface area contributed by atoms with Gasteiger partial charge in [0.15, 0.2) is 5.96 Å². The molecule has 0 bridgehead atoms. The molecule has 1 aromatic heterocycles. The zero-order valence-corrected chi connectivity index (χ0v) is 16.2. The van der Waals surface area contributed by atoms with E-state index in [9.17, 15) is 0 Å². The molecule has 4 nitrogen and oxygen atoms in total. The topological polar surface area (TPSA) is 52.2 Å². The van der Waals surface area contributed by atoms with Gasteiger partial charge in [-0.1, -0.05) is 12.1 Å². The summed E-state index contributed by atoms with van der Waals surface area (Å²) < 4.78 is 0. The van der Waals surface area contributed by atoms with Crippen LogP contribution in [0.1, 0.15) is 31.9 Å². The molecule has 0 saturated heterocycles. The Hall–Kier alpha value is -1.24. The Kier molecular flexibility index (Phi) is 7.72. The number of H-pyrrole nitrogens is 1. The molecule has 122 valence electrons. The molecule has 0 amide bonds. The number of aliphatic imine (C=N–C) groups is 1. The van der Waals surface area contributed by atoms with E-state index in [-0.39, 0.29) is 24.0 Å². The zero-order valence-electron chi connectivity index (χ0n) is 13.9. The van der Waals surface area contributed by atoms with Gasteiger partial charge in [-0.05, 0) is 51.3 Å². The molecule has 0 saturated carbocycles. The largest absolute Gasteiger partial charge is 0.361 e. The van der Waals surface area contributed by atoms with E-state index in [0.29, 0.717) is 6.04 Å². The van der Waals surface area contributed by atoms with Crippen molar-refractivity contribution in [3.05, 3.63) is 35.5 Å². The standard InChI is InChI=1S/C17H26N4.HI/c1-5-18-17(21-12(2)3)19-10-9-14-11-20-15-8-6-7-13(4)16(14)15;/h6-8,11-12,20H,5,9-10H2,1-4H3,(H2,18,19,21);1H. The van der Waals surface area contributed by atoms with Crippen LogP contribution in [0, 0.1) is 6.92 Å². The molecule has 0 atom stereocenters. The normalized spacial score (nSPS) is 11.6. The lowest BCUT2D eigenvalue weighted by Gasteiger charge is -2.13. The number of benzene rings is 1. The summed E-state index contributed by atoms with van der Waals surface area (Å²) in [5.41, 5.74) is 3.87. The molecular weight excluding hydrogens is 387 g/mol. The average Bonchev–Trinajstić information content (AvgIpc) is 2.83. The second-order valence-electron chi connectivity index (χ2n) is 5.62. The fourth-order valence-corrected chi connectivity index (χ4v) is 2.53. The third kappa shape index (κ3) is 4.90. The predicted octanol–water partition coefficient (Wildman–Crippen LogP) is 3.60. The van der Waals surface area contributed by atoms with Crippen molar-refractivity contribution < 1.29 is 0 Å². The molecular formula is C17H27IN4. The number of nitrogens with one attached hydrogen (secondary N) is 3. The lowest BCUT2D eigenvalue weighted by Crippen LogP contribution is -2.41. The van der Waals surface area contributed by atoms with Crippen LogP contribution < -0.4 is 10.6 Å². The first kappa shape index (κ1) is 18.8. The van der Waals surface area contributed by atoms with Crippen LogP contribution in [0.3, 0.4) is 0 Å². The number of hydrogen-bond acceptors (Lipinski definition) is 1. The molecule has 0 spiro atoms. The Bertz CT molecular complexity index is 616. The van der Waals surface area contributed by atoms with E-state index in [4.69, 9.17) is 0 Å². The van der Waals surface area contributed by atoms with Crippen LogP contribution in [0.4, 0.5) is 0 Å². The lowest BCUT2D eigenvalue weighted by molar-refractivity contribution is 0.700. The second-order valence-corrected chi connectivity index (χ2v) is 5.62.